The fraction of sp³-hybridized carbons (Fsp3) is 0.786. The summed E-state index contributed by atoms with van der Waals surface area (Å²) < 4.78 is 2.95. The number of halogens is 1. The van der Waals surface area contributed by atoms with Crippen molar-refractivity contribution in [3.8, 4) is 0 Å². The first-order valence-corrected chi connectivity index (χ1v) is 7.61. The van der Waals surface area contributed by atoms with Crippen LogP contribution in [0.1, 0.15) is 50.4 Å². The molecule has 1 aliphatic rings. The second-order valence-corrected chi connectivity index (χ2v) is 6.70. The number of aromatic nitrogens is 2. The highest BCUT2D eigenvalue weighted by Gasteiger charge is 2.32. The molecule has 102 valence electrons. The van der Waals surface area contributed by atoms with Crippen LogP contribution < -0.4 is 0 Å². The van der Waals surface area contributed by atoms with Gasteiger partial charge in [-0.2, -0.15) is 5.10 Å². The Morgan fingerprint density at radius 2 is 2.17 bits per heavy atom. The van der Waals surface area contributed by atoms with E-state index in [1.165, 1.54) is 6.42 Å². The van der Waals surface area contributed by atoms with Gasteiger partial charge in [-0.1, -0.05) is 19.8 Å². The van der Waals surface area contributed by atoms with Gasteiger partial charge >= 0.3 is 0 Å². The Balaban J connectivity index is 2.16. The molecule has 1 saturated carbocycles. The van der Waals surface area contributed by atoms with E-state index in [1.54, 1.807) is 0 Å². The number of aryl methyl sites for hydroxylation is 2. The van der Waals surface area contributed by atoms with Crippen LogP contribution in [0.5, 0.6) is 0 Å². The first-order valence-electron chi connectivity index (χ1n) is 6.82. The van der Waals surface area contributed by atoms with Crippen molar-refractivity contribution < 1.29 is 5.11 Å². The first-order chi connectivity index (χ1) is 8.41. The van der Waals surface area contributed by atoms with Crippen molar-refractivity contribution in [3.05, 3.63) is 15.9 Å². The zero-order valence-corrected chi connectivity index (χ0v) is 13.1. The zero-order valence-electron chi connectivity index (χ0n) is 11.5. The molecular weight excluding hydrogens is 292 g/mol. The van der Waals surface area contributed by atoms with Crippen LogP contribution >= 0.6 is 15.9 Å². The molecule has 1 aromatic heterocycles. The zero-order chi connectivity index (χ0) is 13.3. The Kier molecular flexibility index (Phi) is 4.17. The third-order valence-corrected chi connectivity index (χ3v) is 5.23. The van der Waals surface area contributed by atoms with Crippen LogP contribution in [0.4, 0.5) is 0 Å². The summed E-state index contributed by atoms with van der Waals surface area (Å²) in [7, 11) is 1.95. The van der Waals surface area contributed by atoms with Crippen LogP contribution in [0.3, 0.4) is 0 Å². The molecule has 1 heterocycles. The SMILES string of the molecule is Cc1nn(C)c(CC2(O)CCCC(C)CC2)c1Br. The Labute approximate surface area is 118 Å². The largest absolute Gasteiger partial charge is 0.389 e. The molecule has 0 aliphatic heterocycles. The molecule has 1 fully saturated rings. The van der Waals surface area contributed by atoms with Crippen molar-refractivity contribution in [3.63, 3.8) is 0 Å². The van der Waals surface area contributed by atoms with Gasteiger partial charge in [-0.15, -0.1) is 0 Å². The van der Waals surface area contributed by atoms with Gasteiger partial charge < -0.3 is 5.11 Å². The highest BCUT2D eigenvalue weighted by Crippen LogP contribution is 2.34. The van der Waals surface area contributed by atoms with Gasteiger partial charge in [0.15, 0.2) is 0 Å². The van der Waals surface area contributed by atoms with Crippen molar-refractivity contribution in [1.82, 2.24) is 9.78 Å². The van der Waals surface area contributed by atoms with Crippen molar-refractivity contribution in [1.29, 1.82) is 0 Å². The molecule has 2 unspecified atom stereocenters. The predicted octanol–water partition coefficient (Wildman–Crippen LogP) is 3.36. The third kappa shape index (κ3) is 2.97. The van der Waals surface area contributed by atoms with Gasteiger partial charge in [0.1, 0.15) is 0 Å². The van der Waals surface area contributed by atoms with Crippen molar-refractivity contribution >= 4 is 15.9 Å². The molecule has 0 spiro atoms. The smallest absolute Gasteiger partial charge is 0.0738 e. The quantitative estimate of drug-likeness (QED) is 0.850. The van der Waals surface area contributed by atoms with Gasteiger partial charge in [0, 0.05) is 13.5 Å². The summed E-state index contributed by atoms with van der Waals surface area (Å²) >= 11 is 3.59. The van der Waals surface area contributed by atoms with Crippen molar-refractivity contribution in [2.75, 3.05) is 0 Å². The lowest BCUT2D eigenvalue weighted by Crippen LogP contribution is -2.31. The monoisotopic (exact) mass is 314 g/mol. The lowest BCUT2D eigenvalue weighted by Gasteiger charge is -2.27. The molecule has 0 amide bonds. The molecule has 0 bridgehead atoms. The molecule has 18 heavy (non-hydrogen) atoms. The van der Waals surface area contributed by atoms with E-state index in [2.05, 4.69) is 28.0 Å². The third-order valence-electron chi connectivity index (χ3n) is 4.20. The maximum absolute atomic E-state index is 10.8. The van der Waals surface area contributed by atoms with E-state index in [0.29, 0.717) is 6.42 Å². The fourth-order valence-corrected chi connectivity index (χ4v) is 3.40. The molecule has 0 aromatic carbocycles. The van der Waals surface area contributed by atoms with Crippen LogP contribution in [0, 0.1) is 12.8 Å². The van der Waals surface area contributed by atoms with E-state index >= 15 is 0 Å². The second kappa shape index (κ2) is 5.33. The van der Waals surface area contributed by atoms with Crippen LogP contribution in [-0.4, -0.2) is 20.5 Å². The standard InChI is InChI=1S/C14H23BrN2O/c1-10-5-4-7-14(18,8-6-10)9-12-13(15)11(2)16-17(12)3/h10,18H,4-9H2,1-3H3. The number of nitrogens with zero attached hydrogens (tertiary/aromatic N) is 2. The van der Waals surface area contributed by atoms with E-state index < -0.39 is 5.60 Å². The number of hydrogen-bond donors (Lipinski definition) is 1. The lowest BCUT2D eigenvalue weighted by molar-refractivity contribution is 0.0225. The van der Waals surface area contributed by atoms with E-state index in [-0.39, 0.29) is 0 Å². The highest BCUT2D eigenvalue weighted by molar-refractivity contribution is 9.10. The number of aliphatic hydroxyl groups is 1. The normalized spacial score (nSPS) is 29.3. The summed E-state index contributed by atoms with van der Waals surface area (Å²) in [5, 5.41) is 15.2. The molecule has 4 heteroatoms. The van der Waals surface area contributed by atoms with E-state index in [1.807, 2.05) is 18.7 Å². The van der Waals surface area contributed by atoms with Gasteiger partial charge in [-0.05, 0) is 48.0 Å². The van der Waals surface area contributed by atoms with Gasteiger partial charge in [0.2, 0.25) is 0 Å². The van der Waals surface area contributed by atoms with Gasteiger partial charge in [-0.3, -0.25) is 4.68 Å². The number of hydrogen-bond acceptors (Lipinski definition) is 2. The molecule has 1 N–H and O–H groups in total. The summed E-state index contributed by atoms with van der Waals surface area (Å²) in [6.45, 7) is 4.28. The molecule has 2 rings (SSSR count). The second-order valence-electron chi connectivity index (χ2n) is 5.91. The lowest BCUT2D eigenvalue weighted by atomic mass is 9.89. The topological polar surface area (TPSA) is 38.0 Å². The molecule has 0 saturated heterocycles. The first kappa shape index (κ1) is 14.1. The van der Waals surface area contributed by atoms with Gasteiger partial charge in [-0.25, -0.2) is 0 Å². The van der Waals surface area contributed by atoms with Gasteiger partial charge in [0.25, 0.3) is 0 Å². The Hall–Kier alpha value is -0.350. The maximum Gasteiger partial charge on any atom is 0.0738 e. The molecule has 2 atom stereocenters. The predicted molar refractivity (Wildman–Crippen MR) is 76.5 cm³/mol. The Morgan fingerprint density at radius 3 is 2.78 bits per heavy atom. The minimum absolute atomic E-state index is 0.548. The minimum Gasteiger partial charge on any atom is -0.389 e. The average Bonchev–Trinajstić information content (AvgIpc) is 2.48. The van der Waals surface area contributed by atoms with E-state index in [0.717, 1.165) is 47.5 Å². The Bertz CT molecular complexity index is 430. The van der Waals surface area contributed by atoms with Crippen molar-refractivity contribution in [2.45, 2.75) is 58.0 Å². The fourth-order valence-electron chi connectivity index (χ4n) is 2.92. The maximum atomic E-state index is 10.8. The summed E-state index contributed by atoms with van der Waals surface area (Å²) in [5.41, 5.74) is 1.57. The number of rotatable bonds is 2. The Morgan fingerprint density at radius 1 is 1.44 bits per heavy atom. The van der Waals surface area contributed by atoms with Gasteiger partial charge in [0.05, 0.1) is 21.5 Å². The summed E-state index contributed by atoms with van der Waals surface area (Å²) in [4.78, 5) is 0. The summed E-state index contributed by atoms with van der Waals surface area (Å²) in [6, 6.07) is 0. The minimum atomic E-state index is -0.548. The molecule has 1 aromatic rings. The summed E-state index contributed by atoms with van der Waals surface area (Å²) in [5.74, 6) is 0.746. The van der Waals surface area contributed by atoms with Crippen molar-refractivity contribution in [2.24, 2.45) is 13.0 Å². The molecular formula is C14H23BrN2O. The average molecular weight is 315 g/mol. The van der Waals surface area contributed by atoms with E-state index in [4.69, 9.17) is 0 Å². The molecule has 0 radical (unpaired) electrons. The van der Waals surface area contributed by atoms with Crippen LogP contribution in [-0.2, 0) is 13.5 Å². The molecule has 1 aliphatic carbocycles. The van der Waals surface area contributed by atoms with Crippen LogP contribution in [0.15, 0.2) is 4.47 Å². The van der Waals surface area contributed by atoms with Crippen LogP contribution in [0.2, 0.25) is 0 Å². The van der Waals surface area contributed by atoms with Crippen LogP contribution in [0.25, 0.3) is 0 Å². The van der Waals surface area contributed by atoms with E-state index in [9.17, 15) is 5.11 Å². The highest BCUT2D eigenvalue weighted by atomic mass is 79.9. The molecule has 3 nitrogen and oxygen atoms in total. The summed E-state index contributed by atoms with van der Waals surface area (Å²) in [6.07, 6.45) is 6.03.